The number of hydrogen-bond acceptors (Lipinski definition) is 3. The summed E-state index contributed by atoms with van der Waals surface area (Å²) < 4.78 is 0.720. The van der Waals surface area contributed by atoms with Gasteiger partial charge in [-0.15, -0.1) is 11.3 Å². The van der Waals surface area contributed by atoms with Crippen molar-refractivity contribution in [3.8, 4) is 0 Å². The molecule has 0 atom stereocenters. The molecule has 0 aromatic carbocycles. The van der Waals surface area contributed by atoms with Gasteiger partial charge in [0.1, 0.15) is 0 Å². The molecule has 132 valence electrons. The van der Waals surface area contributed by atoms with Crippen molar-refractivity contribution in [2.75, 3.05) is 26.2 Å². The van der Waals surface area contributed by atoms with Crippen LogP contribution in [0.15, 0.2) is 12.1 Å². The summed E-state index contributed by atoms with van der Waals surface area (Å²) in [5, 5.41) is 0. The summed E-state index contributed by atoms with van der Waals surface area (Å²) in [4.78, 5) is 30.1. The van der Waals surface area contributed by atoms with E-state index in [1.54, 1.807) is 0 Å². The van der Waals surface area contributed by atoms with E-state index in [1.165, 1.54) is 30.6 Å². The van der Waals surface area contributed by atoms with E-state index in [0.29, 0.717) is 25.4 Å². The SMILES string of the molecule is O=C(Cc1ccc(Cl)s1)N1CCCN(C(=O)C2CCCCC2)CC1. The van der Waals surface area contributed by atoms with Gasteiger partial charge in [-0.2, -0.15) is 0 Å². The van der Waals surface area contributed by atoms with Crippen LogP contribution in [0.25, 0.3) is 0 Å². The molecule has 1 aromatic heterocycles. The van der Waals surface area contributed by atoms with E-state index in [-0.39, 0.29) is 11.8 Å². The van der Waals surface area contributed by atoms with E-state index < -0.39 is 0 Å². The van der Waals surface area contributed by atoms with Crippen LogP contribution in [-0.4, -0.2) is 47.8 Å². The van der Waals surface area contributed by atoms with Gasteiger partial charge in [-0.25, -0.2) is 0 Å². The molecule has 0 bridgehead atoms. The second kappa shape index (κ2) is 8.34. The highest BCUT2D eigenvalue weighted by atomic mass is 35.5. The van der Waals surface area contributed by atoms with Crippen LogP contribution < -0.4 is 0 Å². The largest absolute Gasteiger partial charge is 0.341 e. The van der Waals surface area contributed by atoms with Gasteiger partial charge in [-0.3, -0.25) is 9.59 Å². The zero-order valence-electron chi connectivity index (χ0n) is 14.0. The zero-order chi connectivity index (χ0) is 16.9. The lowest BCUT2D eigenvalue weighted by Gasteiger charge is -2.28. The lowest BCUT2D eigenvalue weighted by molar-refractivity contribution is -0.137. The monoisotopic (exact) mass is 368 g/mol. The molecule has 2 amide bonds. The fraction of sp³-hybridized carbons (Fsp3) is 0.667. The Kier molecular flexibility index (Phi) is 6.17. The maximum Gasteiger partial charge on any atom is 0.227 e. The van der Waals surface area contributed by atoms with Gasteiger partial charge in [0.15, 0.2) is 0 Å². The first-order valence-corrected chi connectivity index (χ1v) is 10.1. The van der Waals surface area contributed by atoms with Crippen LogP contribution in [0.1, 0.15) is 43.4 Å². The maximum atomic E-state index is 12.7. The molecular weight excluding hydrogens is 344 g/mol. The fourth-order valence-electron chi connectivity index (χ4n) is 3.70. The van der Waals surface area contributed by atoms with Gasteiger partial charge in [0.25, 0.3) is 0 Å². The summed E-state index contributed by atoms with van der Waals surface area (Å²) in [6.07, 6.45) is 6.98. The molecule has 3 rings (SSSR count). The predicted octanol–water partition coefficient (Wildman–Crippen LogP) is 3.59. The lowest BCUT2D eigenvalue weighted by atomic mass is 9.88. The molecule has 1 aromatic rings. The first-order chi connectivity index (χ1) is 11.6. The number of thiophene rings is 1. The number of carbonyl (C=O) groups excluding carboxylic acids is 2. The lowest BCUT2D eigenvalue weighted by Crippen LogP contribution is -2.40. The Balaban J connectivity index is 1.52. The van der Waals surface area contributed by atoms with Crippen molar-refractivity contribution < 1.29 is 9.59 Å². The van der Waals surface area contributed by atoms with E-state index in [9.17, 15) is 9.59 Å². The van der Waals surface area contributed by atoms with Crippen LogP contribution in [0.4, 0.5) is 0 Å². The highest BCUT2D eigenvalue weighted by Crippen LogP contribution is 2.26. The number of rotatable bonds is 3. The molecule has 1 saturated heterocycles. The Bertz CT molecular complexity index is 583. The number of nitrogens with zero attached hydrogens (tertiary/aromatic N) is 2. The maximum absolute atomic E-state index is 12.7. The molecular formula is C18H25ClN2O2S. The third-order valence-electron chi connectivity index (χ3n) is 5.07. The number of halogens is 1. The van der Waals surface area contributed by atoms with Gasteiger partial charge < -0.3 is 9.80 Å². The molecule has 2 heterocycles. The average Bonchev–Trinajstić information content (AvgIpc) is 2.86. The van der Waals surface area contributed by atoms with Crippen molar-refractivity contribution in [3.63, 3.8) is 0 Å². The molecule has 6 heteroatoms. The normalized spacial score (nSPS) is 20.0. The number of hydrogen-bond donors (Lipinski definition) is 0. The number of carbonyl (C=O) groups is 2. The molecule has 2 aliphatic rings. The van der Waals surface area contributed by atoms with Gasteiger partial charge in [0, 0.05) is 37.0 Å². The third kappa shape index (κ3) is 4.51. The van der Waals surface area contributed by atoms with Crippen molar-refractivity contribution >= 4 is 34.8 Å². The summed E-state index contributed by atoms with van der Waals surface area (Å²) in [7, 11) is 0. The molecule has 4 nitrogen and oxygen atoms in total. The summed E-state index contributed by atoms with van der Waals surface area (Å²) in [5.74, 6) is 0.670. The Morgan fingerprint density at radius 2 is 1.71 bits per heavy atom. The Labute approximate surface area is 152 Å². The van der Waals surface area contributed by atoms with Crippen LogP contribution in [-0.2, 0) is 16.0 Å². The Hall–Kier alpha value is -1.07. The smallest absolute Gasteiger partial charge is 0.227 e. The van der Waals surface area contributed by atoms with Crippen molar-refractivity contribution in [2.45, 2.75) is 44.9 Å². The van der Waals surface area contributed by atoms with E-state index in [4.69, 9.17) is 11.6 Å². The van der Waals surface area contributed by atoms with Crippen molar-refractivity contribution in [3.05, 3.63) is 21.3 Å². The van der Waals surface area contributed by atoms with E-state index in [1.807, 2.05) is 21.9 Å². The zero-order valence-corrected chi connectivity index (χ0v) is 15.6. The van der Waals surface area contributed by atoms with Gasteiger partial charge in [0.2, 0.25) is 11.8 Å². The van der Waals surface area contributed by atoms with Crippen LogP contribution in [0, 0.1) is 5.92 Å². The second-order valence-corrected chi connectivity index (χ2v) is 8.58. The van der Waals surface area contributed by atoms with Gasteiger partial charge in [-0.05, 0) is 31.4 Å². The van der Waals surface area contributed by atoms with Gasteiger partial charge >= 0.3 is 0 Å². The Morgan fingerprint density at radius 1 is 1.00 bits per heavy atom. The topological polar surface area (TPSA) is 40.6 Å². The first-order valence-electron chi connectivity index (χ1n) is 8.94. The van der Waals surface area contributed by atoms with Gasteiger partial charge in [0.05, 0.1) is 10.8 Å². The minimum atomic E-state index is 0.139. The van der Waals surface area contributed by atoms with E-state index >= 15 is 0 Å². The van der Waals surface area contributed by atoms with Crippen molar-refractivity contribution in [1.82, 2.24) is 9.80 Å². The highest BCUT2D eigenvalue weighted by Gasteiger charge is 2.28. The minimum absolute atomic E-state index is 0.139. The van der Waals surface area contributed by atoms with Crippen LogP contribution >= 0.6 is 22.9 Å². The third-order valence-corrected chi connectivity index (χ3v) is 6.30. The number of amides is 2. The quantitative estimate of drug-likeness (QED) is 0.818. The predicted molar refractivity (Wildman–Crippen MR) is 97.4 cm³/mol. The molecule has 0 spiro atoms. The summed E-state index contributed by atoms with van der Waals surface area (Å²) in [5.41, 5.74) is 0. The van der Waals surface area contributed by atoms with Crippen LogP contribution in [0.5, 0.6) is 0 Å². The standard InChI is InChI=1S/C18H25ClN2O2S/c19-16-8-7-15(24-16)13-17(22)20-9-4-10-21(12-11-20)18(23)14-5-2-1-3-6-14/h7-8,14H,1-6,9-13H2. The molecule has 1 saturated carbocycles. The second-order valence-electron chi connectivity index (χ2n) is 6.78. The summed E-state index contributed by atoms with van der Waals surface area (Å²) in [6.45, 7) is 2.85. The highest BCUT2D eigenvalue weighted by molar-refractivity contribution is 7.16. The molecule has 0 radical (unpaired) electrons. The first kappa shape index (κ1) is 17.7. The van der Waals surface area contributed by atoms with Crippen molar-refractivity contribution in [1.29, 1.82) is 0 Å². The van der Waals surface area contributed by atoms with Crippen molar-refractivity contribution in [2.24, 2.45) is 5.92 Å². The van der Waals surface area contributed by atoms with Gasteiger partial charge in [-0.1, -0.05) is 30.9 Å². The minimum Gasteiger partial charge on any atom is -0.341 e. The molecule has 1 aliphatic carbocycles. The Morgan fingerprint density at radius 3 is 2.42 bits per heavy atom. The van der Waals surface area contributed by atoms with E-state index in [0.717, 1.165) is 41.6 Å². The van der Waals surface area contributed by atoms with Crippen LogP contribution in [0.2, 0.25) is 4.34 Å². The summed E-state index contributed by atoms with van der Waals surface area (Å²) >= 11 is 7.40. The van der Waals surface area contributed by atoms with E-state index in [2.05, 4.69) is 0 Å². The average molecular weight is 369 g/mol. The fourth-order valence-corrected chi connectivity index (χ4v) is 4.78. The van der Waals surface area contributed by atoms with Crippen LogP contribution in [0.3, 0.4) is 0 Å². The molecule has 2 fully saturated rings. The molecule has 0 N–H and O–H groups in total. The molecule has 24 heavy (non-hydrogen) atoms. The molecule has 0 unspecified atom stereocenters. The summed E-state index contributed by atoms with van der Waals surface area (Å²) in [6, 6.07) is 3.75. The molecule has 1 aliphatic heterocycles.